The van der Waals surface area contributed by atoms with Crippen molar-refractivity contribution in [2.45, 2.75) is 83.0 Å². The van der Waals surface area contributed by atoms with Crippen LogP contribution in [0.15, 0.2) is 0 Å². The maximum atomic E-state index is 12.0. The molecule has 1 fully saturated rings. The summed E-state index contributed by atoms with van der Waals surface area (Å²) < 4.78 is 41.8. The fourth-order valence-corrected chi connectivity index (χ4v) is 2.61. The largest absolute Gasteiger partial charge is 0.389 e. The average molecular weight is 295 g/mol. The first-order valence-corrected chi connectivity index (χ1v) is 7.89. The Kier molecular flexibility index (Phi) is 8.53. The lowest BCUT2D eigenvalue weighted by molar-refractivity contribution is -0.135. The predicted octanol–water partition coefficient (Wildman–Crippen LogP) is 4.44. The molecule has 0 aliphatic heterocycles. The smallest absolute Gasteiger partial charge is 0.378 e. The highest BCUT2D eigenvalue weighted by Gasteiger charge is 2.26. The zero-order valence-electron chi connectivity index (χ0n) is 12.5. The summed E-state index contributed by atoms with van der Waals surface area (Å²) in [6, 6.07) is 0.145. The molecule has 2 nitrogen and oxygen atoms in total. The third-order valence-corrected chi connectivity index (χ3v) is 3.82. The predicted molar refractivity (Wildman–Crippen MR) is 74.8 cm³/mol. The fourth-order valence-electron chi connectivity index (χ4n) is 2.61. The topological polar surface area (TPSA) is 21.3 Å². The average Bonchev–Trinajstić information content (AvgIpc) is 2.38. The lowest BCUT2D eigenvalue weighted by Gasteiger charge is -2.22. The molecule has 0 radical (unpaired) electrons. The van der Waals surface area contributed by atoms with Gasteiger partial charge in [-0.25, -0.2) is 0 Å². The summed E-state index contributed by atoms with van der Waals surface area (Å²) >= 11 is 0. The molecule has 20 heavy (non-hydrogen) atoms. The molecule has 1 aliphatic rings. The van der Waals surface area contributed by atoms with Gasteiger partial charge in [0.15, 0.2) is 0 Å². The highest BCUT2D eigenvalue weighted by molar-refractivity contribution is 4.66. The Bertz CT molecular complexity index is 240. The van der Waals surface area contributed by atoms with Crippen LogP contribution in [0.3, 0.4) is 0 Å². The van der Waals surface area contributed by atoms with E-state index in [2.05, 4.69) is 5.32 Å². The molecule has 120 valence electrons. The molecule has 1 unspecified atom stereocenters. The number of hydrogen-bond donors (Lipinski definition) is 1. The first kappa shape index (κ1) is 17.8. The Labute approximate surface area is 120 Å². The van der Waals surface area contributed by atoms with Gasteiger partial charge in [0.25, 0.3) is 0 Å². The van der Waals surface area contributed by atoms with Gasteiger partial charge in [0.2, 0.25) is 0 Å². The van der Waals surface area contributed by atoms with Crippen LogP contribution in [-0.2, 0) is 4.74 Å². The number of ether oxygens (including phenoxy) is 1. The Morgan fingerprint density at radius 2 is 1.85 bits per heavy atom. The molecule has 0 amide bonds. The summed E-state index contributed by atoms with van der Waals surface area (Å²) in [6.07, 6.45) is 3.70. The fraction of sp³-hybridized carbons (Fsp3) is 1.00. The third kappa shape index (κ3) is 9.59. The number of halogens is 3. The van der Waals surface area contributed by atoms with Gasteiger partial charge in [-0.05, 0) is 45.6 Å². The Balaban J connectivity index is 1.89. The Hall–Kier alpha value is -0.290. The standard InChI is InChI=1S/C15H28F3NO/c1-13(7-5-10-15(16,17)18)19-11-6-12-20-14-8-3-2-4-9-14/h13-14,19H,2-12H2,1H3. The molecule has 1 atom stereocenters. The summed E-state index contributed by atoms with van der Waals surface area (Å²) in [7, 11) is 0. The second-order valence-corrected chi connectivity index (χ2v) is 5.85. The van der Waals surface area contributed by atoms with Crippen LogP contribution in [0.1, 0.15) is 64.7 Å². The molecule has 5 heteroatoms. The van der Waals surface area contributed by atoms with Crippen molar-refractivity contribution < 1.29 is 17.9 Å². The minimum absolute atomic E-state index is 0.145. The molecular formula is C15H28F3NO. The molecule has 0 aromatic heterocycles. The van der Waals surface area contributed by atoms with E-state index >= 15 is 0 Å². The van der Waals surface area contributed by atoms with Crippen LogP contribution >= 0.6 is 0 Å². The van der Waals surface area contributed by atoms with E-state index in [1.54, 1.807) is 0 Å². The SMILES string of the molecule is CC(CCCC(F)(F)F)NCCCOC1CCCCC1. The van der Waals surface area contributed by atoms with E-state index < -0.39 is 12.6 Å². The molecule has 1 rings (SSSR count). The van der Waals surface area contributed by atoms with Crippen molar-refractivity contribution >= 4 is 0 Å². The lowest BCUT2D eigenvalue weighted by Crippen LogP contribution is -2.28. The van der Waals surface area contributed by atoms with Crippen molar-refractivity contribution in [1.82, 2.24) is 5.32 Å². The van der Waals surface area contributed by atoms with Crippen LogP contribution in [-0.4, -0.2) is 31.5 Å². The molecule has 0 spiro atoms. The monoisotopic (exact) mass is 295 g/mol. The van der Waals surface area contributed by atoms with Crippen molar-refractivity contribution in [3.8, 4) is 0 Å². The van der Waals surface area contributed by atoms with Crippen molar-refractivity contribution in [2.24, 2.45) is 0 Å². The maximum Gasteiger partial charge on any atom is 0.389 e. The minimum Gasteiger partial charge on any atom is -0.378 e. The van der Waals surface area contributed by atoms with Crippen LogP contribution in [0, 0.1) is 0 Å². The number of alkyl halides is 3. The van der Waals surface area contributed by atoms with Gasteiger partial charge in [0.1, 0.15) is 0 Å². The molecule has 0 bridgehead atoms. The van der Waals surface area contributed by atoms with Gasteiger partial charge in [0.05, 0.1) is 6.10 Å². The highest BCUT2D eigenvalue weighted by atomic mass is 19.4. The van der Waals surface area contributed by atoms with Gasteiger partial charge >= 0.3 is 6.18 Å². The highest BCUT2D eigenvalue weighted by Crippen LogP contribution is 2.22. The molecule has 1 N–H and O–H groups in total. The van der Waals surface area contributed by atoms with E-state index in [1.807, 2.05) is 6.92 Å². The second-order valence-electron chi connectivity index (χ2n) is 5.85. The summed E-state index contributed by atoms with van der Waals surface area (Å²) in [5.74, 6) is 0. The van der Waals surface area contributed by atoms with E-state index in [0.717, 1.165) is 19.6 Å². The second kappa shape index (κ2) is 9.61. The molecule has 0 heterocycles. The van der Waals surface area contributed by atoms with E-state index in [9.17, 15) is 13.2 Å². The van der Waals surface area contributed by atoms with Crippen LogP contribution in [0.2, 0.25) is 0 Å². The molecule has 0 saturated heterocycles. The maximum absolute atomic E-state index is 12.0. The van der Waals surface area contributed by atoms with E-state index in [-0.39, 0.29) is 12.5 Å². The Morgan fingerprint density at radius 1 is 1.15 bits per heavy atom. The summed E-state index contributed by atoms with van der Waals surface area (Å²) in [4.78, 5) is 0. The first-order chi connectivity index (χ1) is 9.47. The van der Waals surface area contributed by atoms with Crippen LogP contribution in [0.25, 0.3) is 0 Å². The quantitative estimate of drug-likeness (QED) is 0.635. The summed E-state index contributed by atoms with van der Waals surface area (Å²) in [5.41, 5.74) is 0. The van der Waals surface area contributed by atoms with E-state index in [1.165, 1.54) is 32.1 Å². The van der Waals surface area contributed by atoms with Crippen molar-refractivity contribution in [3.05, 3.63) is 0 Å². The van der Waals surface area contributed by atoms with Crippen molar-refractivity contribution in [1.29, 1.82) is 0 Å². The van der Waals surface area contributed by atoms with Gasteiger partial charge < -0.3 is 10.1 Å². The van der Waals surface area contributed by atoms with Crippen LogP contribution in [0.4, 0.5) is 13.2 Å². The van der Waals surface area contributed by atoms with E-state index in [0.29, 0.717) is 12.5 Å². The minimum atomic E-state index is -4.02. The van der Waals surface area contributed by atoms with Crippen molar-refractivity contribution in [2.75, 3.05) is 13.2 Å². The van der Waals surface area contributed by atoms with E-state index in [4.69, 9.17) is 4.74 Å². The summed E-state index contributed by atoms with van der Waals surface area (Å²) in [5, 5.41) is 3.26. The molecule has 1 aliphatic carbocycles. The van der Waals surface area contributed by atoms with Gasteiger partial charge in [-0.2, -0.15) is 13.2 Å². The molecule has 1 saturated carbocycles. The lowest BCUT2D eigenvalue weighted by atomic mass is 9.98. The molecule has 0 aromatic rings. The van der Waals surface area contributed by atoms with Gasteiger partial charge in [-0.3, -0.25) is 0 Å². The Morgan fingerprint density at radius 3 is 2.50 bits per heavy atom. The normalized spacial score (nSPS) is 19.2. The van der Waals surface area contributed by atoms with Gasteiger partial charge in [-0.1, -0.05) is 19.3 Å². The number of hydrogen-bond acceptors (Lipinski definition) is 2. The molecular weight excluding hydrogens is 267 g/mol. The van der Waals surface area contributed by atoms with Gasteiger partial charge in [-0.15, -0.1) is 0 Å². The number of nitrogens with one attached hydrogen (secondary N) is 1. The van der Waals surface area contributed by atoms with Crippen molar-refractivity contribution in [3.63, 3.8) is 0 Å². The van der Waals surface area contributed by atoms with Gasteiger partial charge in [0, 0.05) is 19.1 Å². The zero-order chi connectivity index (χ0) is 14.8. The zero-order valence-corrected chi connectivity index (χ0v) is 12.5. The third-order valence-electron chi connectivity index (χ3n) is 3.82. The first-order valence-electron chi connectivity index (χ1n) is 7.89. The molecule has 0 aromatic carbocycles. The number of rotatable bonds is 9. The van der Waals surface area contributed by atoms with Crippen LogP contribution < -0.4 is 5.32 Å². The summed E-state index contributed by atoms with van der Waals surface area (Å²) in [6.45, 7) is 3.52. The van der Waals surface area contributed by atoms with Crippen LogP contribution in [0.5, 0.6) is 0 Å².